The molecule has 3 aromatic carbocycles. The Morgan fingerprint density at radius 2 is 1.21 bits per heavy atom. The Bertz CT molecular complexity index is 935. The molecule has 0 heterocycles. The number of hydrogen-bond acceptors (Lipinski definition) is 2. The Balaban J connectivity index is 2.26. The molecule has 0 aliphatic heterocycles. The van der Waals surface area contributed by atoms with E-state index in [2.05, 4.69) is 0 Å². The van der Waals surface area contributed by atoms with Crippen molar-refractivity contribution in [3.8, 4) is 0 Å². The fraction of sp³-hybridized carbons (Fsp3) is 0.160. The predicted octanol–water partition coefficient (Wildman–Crippen LogP) is 5.32. The first kappa shape index (κ1) is 20.0. The topological polar surface area (TPSA) is 34.1 Å². The lowest BCUT2D eigenvalue weighted by molar-refractivity contribution is -0.114. The van der Waals surface area contributed by atoms with Crippen molar-refractivity contribution in [2.75, 3.05) is 0 Å². The fourth-order valence-electron chi connectivity index (χ4n) is 3.71. The molecule has 0 aliphatic carbocycles. The van der Waals surface area contributed by atoms with E-state index in [1.807, 2.05) is 105 Å². The molecule has 0 spiro atoms. The van der Waals surface area contributed by atoms with Crippen LogP contribution in [-0.2, 0) is 9.36 Å². The molecule has 0 amide bonds. The lowest BCUT2D eigenvalue weighted by atomic mass is 9.95. The largest absolute Gasteiger partial charge is 0.313 e. The Morgan fingerprint density at radius 3 is 1.64 bits per heavy atom. The molecule has 0 bridgehead atoms. The first-order chi connectivity index (χ1) is 13.6. The monoisotopic (exact) mass is 388 g/mol. The van der Waals surface area contributed by atoms with Crippen molar-refractivity contribution in [3.63, 3.8) is 0 Å². The van der Waals surface area contributed by atoms with Gasteiger partial charge < -0.3 is 4.57 Å². The first-order valence-corrected chi connectivity index (χ1v) is 11.3. The average molecular weight is 388 g/mol. The summed E-state index contributed by atoms with van der Waals surface area (Å²) in [6, 6.07) is 28.7. The highest BCUT2D eigenvalue weighted by Gasteiger charge is 2.43. The smallest absolute Gasteiger partial charge is 0.166 e. The zero-order valence-electron chi connectivity index (χ0n) is 16.2. The van der Waals surface area contributed by atoms with Gasteiger partial charge in [0.1, 0.15) is 0 Å². The summed E-state index contributed by atoms with van der Waals surface area (Å²) < 4.78 is 14.8. The van der Waals surface area contributed by atoms with Crippen molar-refractivity contribution in [2.24, 2.45) is 0 Å². The third-order valence-corrected chi connectivity index (χ3v) is 8.71. The zero-order valence-corrected chi connectivity index (χ0v) is 17.1. The van der Waals surface area contributed by atoms with Crippen LogP contribution in [0.1, 0.15) is 25.3 Å². The molecular weight excluding hydrogens is 363 g/mol. The molecule has 0 aromatic heterocycles. The van der Waals surface area contributed by atoms with Crippen LogP contribution >= 0.6 is 7.14 Å². The summed E-state index contributed by atoms with van der Waals surface area (Å²) in [4.78, 5) is 13.3. The molecular formula is C25H25O2P. The molecule has 2 nitrogen and oxygen atoms in total. The van der Waals surface area contributed by atoms with E-state index in [1.165, 1.54) is 0 Å². The van der Waals surface area contributed by atoms with Crippen LogP contribution in [0.4, 0.5) is 0 Å². The Labute approximate surface area is 167 Å². The van der Waals surface area contributed by atoms with E-state index >= 15 is 0 Å². The van der Waals surface area contributed by atoms with E-state index in [0.717, 1.165) is 5.56 Å². The van der Waals surface area contributed by atoms with Crippen molar-refractivity contribution in [1.82, 2.24) is 0 Å². The number of allylic oxidation sites excluding steroid dienone is 2. The molecule has 3 aromatic rings. The highest BCUT2D eigenvalue weighted by Crippen LogP contribution is 2.54. The van der Waals surface area contributed by atoms with E-state index in [0.29, 0.717) is 10.6 Å². The standard InChI is InChI=1S/C25H25O2P/c1-3-13-24(26)25(20(2)21-14-7-4-8-15-21)28(27,22-16-9-5-10-17-22)23-18-11-6-12-19-23/h3-20,25H,1-2H3/b13-3+/t20-,25-/m0/s1. The van der Waals surface area contributed by atoms with Crippen LogP contribution in [-0.4, -0.2) is 11.4 Å². The van der Waals surface area contributed by atoms with Gasteiger partial charge in [-0.2, -0.15) is 0 Å². The van der Waals surface area contributed by atoms with Crippen LogP contribution in [0, 0.1) is 0 Å². The molecule has 0 unspecified atom stereocenters. The summed E-state index contributed by atoms with van der Waals surface area (Å²) in [7, 11) is -3.24. The van der Waals surface area contributed by atoms with Gasteiger partial charge in [0.15, 0.2) is 12.9 Å². The Hall–Kier alpha value is -2.70. The van der Waals surface area contributed by atoms with Crippen molar-refractivity contribution in [3.05, 3.63) is 109 Å². The Morgan fingerprint density at radius 1 is 0.786 bits per heavy atom. The summed E-state index contributed by atoms with van der Waals surface area (Å²) in [5, 5.41) is 1.43. The van der Waals surface area contributed by atoms with Gasteiger partial charge in [-0.25, -0.2) is 0 Å². The number of ketones is 1. The molecule has 0 saturated carbocycles. The van der Waals surface area contributed by atoms with Crippen LogP contribution in [0.2, 0.25) is 0 Å². The van der Waals surface area contributed by atoms with Gasteiger partial charge in [0, 0.05) is 10.6 Å². The van der Waals surface area contributed by atoms with Crippen LogP contribution in [0.3, 0.4) is 0 Å². The van der Waals surface area contributed by atoms with Crippen LogP contribution in [0.15, 0.2) is 103 Å². The molecule has 0 saturated heterocycles. The molecule has 0 N–H and O–H groups in total. The summed E-state index contributed by atoms with van der Waals surface area (Å²) in [6.45, 7) is 3.82. The highest BCUT2D eigenvalue weighted by atomic mass is 31.2. The number of hydrogen-bond donors (Lipinski definition) is 0. The first-order valence-electron chi connectivity index (χ1n) is 9.51. The van der Waals surface area contributed by atoms with Crippen LogP contribution < -0.4 is 10.6 Å². The second kappa shape index (κ2) is 8.99. The van der Waals surface area contributed by atoms with Gasteiger partial charge in [0.25, 0.3) is 0 Å². The van der Waals surface area contributed by atoms with Crippen molar-refractivity contribution in [1.29, 1.82) is 0 Å². The van der Waals surface area contributed by atoms with E-state index in [4.69, 9.17) is 0 Å². The van der Waals surface area contributed by atoms with E-state index < -0.39 is 12.8 Å². The normalized spacial score (nSPS) is 13.9. The molecule has 3 heteroatoms. The van der Waals surface area contributed by atoms with Crippen molar-refractivity contribution < 1.29 is 9.36 Å². The lowest BCUT2D eigenvalue weighted by Gasteiger charge is -2.31. The number of benzene rings is 3. The van der Waals surface area contributed by atoms with Gasteiger partial charge >= 0.3 is 0 Å². The molecule has 142 valence electrons. The number of carbonyl (C=O) groups excluding carboxylic acids is 1. The third kappa shape index (κ3) is 3.93. The van der Waals surface area contributed by atoms with Gasteiger partial charge in [-0.3, -0.25) is 4.79 Å². The second-order valence-electron chi connectivity index (χ2n) is 6.88. The second-order valence-corrected chi connectivity index (χ2v) is 9.78. The highest BCUT2D eigenvalue weighted by molar-refractivity contribution is 7.80. The van der Waals surface area contributed by atoms with Gasteiger partial charge in [0.2, 0.25) is 0 Å². The minimum absolute atomic E-state index is 0.102. The average Bonchev–Trinajstić information content (AvgIpc) is 2.75. The van der Waals surface area contributed by atoms with E-state index in [9.17, 15) is 9.36 Å². The maximum absolute atomic E-state index is 14.8. The zero-order chi connectivity index (χ0) is 20.0. The fourth-order valence-corrected chi connectivity index (χ4v) is 7.13. The van der Waals surface area contributed by atoms with Crippen LogP contribution in [0.25, 0.3) is 0 Å². The van der Waals surface area contributed by atoms with E-state index in [1.54, 1.807) is 12.2 Å². The quantitative estimate of drug-likeness (QED) is 0.406. The van der Waals surface area contributed by atoms with Crippen LogP contribution in [0.5, 0.6) is 0 Å². The maximum Gasteiger partial charge on any atom is 0.166 e. The van der Waals surface area contributed by atoms with Crippen molar-refractivity contribution >= 4 is 23.5 Å². The molecule has 0 fully saturated rings. The number of carbonyl (C=O) groups is 1. The molecule has 2 atom stereocenters. The minimum Gasteiger partial charge on any atom is -0.313 e. The third-order valence-electron chi connectivity index (χ3n) is 5.09. The van der Waals surface area contributed by atoms with Gasteiger partial charge in [0.05, 0.1) is 5.66 Å². The summed E-state index contributed by atoms with van der Waals surface area (Å²) in [6.07, 6.45) is 3.29. The predicted molar refractivity (Wildman–Crippen MR) is 118 cm³/mol. The summed E-state index contributed by atoms with van der Waals surface area (Å²) in [5.74, 6) is -0.300. The molecule has 3 rings (SSSR count). The molecule has 28 heavy (non-hydrogen) atoms. The minimum atomic E-state index is -3.24. The van der Waals surface area contributed by atoms with E-state index in [-0.39, 0.29) is 11.7 Å². The maximum atomic E-state index is 14.8. The summed E-state index contributed by atoms with van der Waals surface area (Å²) >= 11 is 0. The Kier molecular flexibility index (Phi) is 6.44. The summed E-state index contributed by atoms with van der Waals surface area (Å²) in [5.41, 5.74) is 0.341. The van der Waals surface area contributed by atoms with Gasteiger partial charge in [-0.15, -0.1) is 0 Å². The number of rotatable bonds is 7. The van der Waals surface area contributed by atoms with Gasteiger partial charge in [-0.1, -0.05) is 104 Å². The molecule has 0 aliphatic rings. The molecule has 0 radical (unpaired) electrons. The van der Waals surface area contributed by atoms with Gasteiger partial charge in [-0.05, 0) is 24.5 Å². The SMILES string of the molecule is C/C=C/C(=O)[C@H]([C@@H](C)c1ccccc1)P(=O)(c1ccccc1)c1ccccc1. The lowest BCUT2D eigenvalue weighted by Crippen LogP contribution is -2.34. The van der Waals surface area contributed by atoms with Crippen molar-refractivity contribution in [2.45, 2.75) is 25.4 Å².